The molecule has 0 aromatic heterocycles. The monoisotopic (exact) mass is 314 g/mol. The Bertz CT molecular complexity index is 448. The van der Waals surface area contributed by atoms with Crippen molar-refractivity contribution >= 4 is 0 Å². The molecule has 1 aromatic carbocycles. The molecule has 21 heavy (non-hydrogen) atoms. The summed E-state index contributed by atoms with van der Waals surface area (Å²) in [5, 5.41) is 0. The normalized spacial score (nSPS) is 14.6. The molecule has 1 unspecified atom stereocenters. The van der Waals surface area contributed by atoms with Crippen LogP contribution < -0.4 is 5.73 Å². The fourth-order valence-electron chi connectivity index (χ4n) is 1.96. The molecule has 0 heterocycles. The number of alkyl halides is 6. The molecule has 1 rings (SSSR count). The van der Waals surface area contributed by atoms with Crippen molar-refractivity contribution in [3.8, 4) is 0 Å². The molecule has 0 aliphatic carbocycles. The van der Waals surface area contributed by atoms with E-state index in [1.54, 1.807) is 18.9 Å². The van der Waals surface area contributed by atoms with Gasteiger partial charge in [-0.25, -0.2) is 0 Å². The van der Waals surface area contributed by atoms with Crippen LogP contribution in [0.25, 0.3) is 0 Å². The van der Waals surface area contributed by atoms with Gasteiger partial charge in [-0.2, -0.15) is 26.3 Å². The summed E-state index contributed by atoms with van der Waals surface area (Å²) >= 11 is 0. The van der Waals surface area contributed by atoms with Crippen LogP contribution in [0.1, 0.15) is 29.7 Å². The summed E-state index contributed by atoms with van der Waals surface area (Å²) in [5.74, 6) is 0. The Kier molecular flexibility index (Phi) is 5.27. The largest absolute Gasteiger partial charge is 0.416 e. The highest BCUT2D eigenvalue weighted by molar-refractivity contribution is 5.35. The lowest BCUT2D eigenvalue weighted by molar-refractivity contribution is -0.143. The topological polar surface area (TPSA) is 29.3 Å². The van der Waals surface area contributed by atoms with Gasteiger partial charge in [-0.3, -0.25) is 4.90 Å². The molecule has 120 valence electrons. The van der Waals surface area contributed by atoms with Crippen LogP contribution in [0.15, 0.2) is 18.2 Å². The number of hydrogen-bond acceptors (Lipinski definition) is 2. The van der Waals surface area contributed by atoms with E-state index in [1.807, 2.05) is 0 Å². The van der Waals surface area contributed by atoms with E-state index in [2.05, 4.69) is 0 Å². The van der Waals surface area contributed by atoms with Crippen molar-refractivity contribution in [3.05, 3.63) is 34.9 Å². The first kappa shape index (κ1) is 17.8. The third-order valence-corrected chi connectivity index (χ3v) is 3.25. The molecular formula is C13H16F6N2. The molecule has 0 amide bonds. The van der Waals surface area contributed by atoms with Gasteiger partial charge in [0.2, 0.25) is 0 Å². The number of rotatable bonds is 4. The Balaban J connectivity index is 3.44. The van der Waals surface area contributed by atoms with Crippen molar-refractivity contribution < 1.29 is 26.3 Å². The van der Waals surface area contributed by atoms with Crippen LogP contribution >= 0.6 is 0 Å². The van der Waals surface area contributed by atoms with Crippen LogP contribution in [0.5, 0.6) is 0 Å². The van der Waals surface area contributed by atoms with E-state index in [9.17, 15) is 26.3 Å². The number of benzene rings is 1. The van der Waals surface area contributed by atoms with Crippen molar-refractivity contribution in [2.75, 3.05) is 20.1 Å². The van der Waals surface area contributed by atoms with Gasteiger partial charge in [-0.1, -0.05) is 6.92 Å². The smallest absolute Gasteiger partial charge is 0.329 e. The number of hydrogen-bond donors (Lipinski definition) is 1. The SMILES string of the molecule is CCN(C)C(CN)c1cc(C(F)(F)F)cc(C(F)(F)F)c1. The second-order valence-corrected chi connectivity index (χ2v) is 4.66. The molecule has 8 heteroatoms. The Morgan fingerprint density at radius 1 is 1.00 bits per heavy atom. The average Bonchev–Trinajstić information content (AvgIpc) is 2.37. The minimum absolute atomic E-state index is 0.0804. The van der Waals surface area contributed by atoms with Crippen LogP contribution in [0, 0.1) is 0 Å². The summed E-state index contributed by atoms with van der Waals surface area (Å²) in [5.41, 5.74) is 2.75. The first-order valence-corrected chi connectivity index (χ1v) is 6.20. The van der Waals surface area contributed by atoms with Crippen LogP contribution in [-0.2, 0) is 12.4 Å². The zero-order chi connectivity index (χ0) is 16.4. The summed E-state index contributed by atoms with van der Waals surface area (Å²) in [6.07, 6.45) is -9.69. The highest BCUT2D eigenvalue weighted by atomic mass is 19.4. The summed E-state index contributed by atoms with van der Waals surface area (Å²) in [6.45, 7) is 2.10. The van der Waals surface area contributed by atoms with Crippen molar-refractivity contribution in [2.24, 2.45) is 5.73 Å². The molecule has 1 aromatic rings. The maximum atomic E-state index is 12.8. The van der Waals surface area contributed by atoms with Crippen molar-refractivity contribution in [3.63, 3.8) is 0 Å². The van der Waals surface area contributed by atoms with Crippen LogP contribution in [-0.4, -0.2) is 25.0 Å². The van der Waals surface area contributed by atoms with E-state index >= 15 is 0 Å². The second-order valence-electron chi connectivity index (χ2n) is 4.66. The predicted molar refractivity (Wildman–Crippen MR) is 66.5 cm³/mol. The molecule has 2 nitrogen and oxygen atoms in total. The Labute approximate surface area is 118 Å². The van der Waals surface area contributed by atoms with E-state index in [0.717, 1.165) is 12.1 Å². The predicted octanol–water partition coefficient (Wildman–Crippen LogP) is 3.68. The molecule has 0 radical (unpaired) electrons. The lowest BCUT2D eigenvalue weighted by Crippen LogP contribution is -2.31. The van der Waals surface area contributed by atoms with E-state index in [0.29, 0.717) is 6.54 Å². The quantitative estimate of drug-likeness (QED) is 0.859. The fourth-order valence-corrected chi connectivity index (χ4v) is 1.96. The maximum Gasteiger partial charge on any atom is 0.416 e. The van der Waals surface area contributed by atoms with Crippen molar-refractivity contribution in [1.82, 2.24) is 4.90 Å². The highest BCUT2D eigenvalue weighted by Gasteiger charge is 2.37. The van der Waals surface area contributed by atoms with Gasteiger partial charge in [0, 0.05) is 12.6 Å². The molecule has 0 saturated heterocycles. The zero-order valence-electron chi connectivity index (χ0n) is 11.5. The van der Waals surface area contributed by atoms with Crippen LogP contribution in [0.3, 0.4) is 0 Å². The van der Waals surface area contributed by atoms with Gasteiger partial charge in [0.1, 0.15) is 0 Å². The lowest BCUT2D eigenvalue weighted by atomic mass is 9.98. The third-order valence-electron chi connectivity index (χ3n) is 3.25. The van der Waals surface area contributed by atoms with Gasteiger partial charge >= 0.3 is 12.4 Å². The first-order valence-electron chi connectivity index (χ1n) is 6.20. The van der Waals surface area contributed by atoms with Gasteiger partial charge in [0.15, 0.2) is 0 Å². The Hall–Kier alpha value is -1.28. The summed E-state index contributed by atoms with van der Waals surface area (Å²) in [4.78, 5) is 1.59. The minimum atomic E-state index is -4.85. The standard InChI is InChI=1S/C13H16F6N2/c1-3-21(2)11(7-20)8-4-9(12(14,15)16)6-10(5-8)13(17,18)19/h4-6,11H,3,7,20H2,1-2H3. The van der Waals surface area contributed by atoms with Crippen LogP contribution in [0.2, 0.25) is 0 Å². The average molecular weight is 314 g/mol. The van der Waals surface area contributed by atoms with E-state index < -0.39 is 29.5 Å². The molecule has 1 atom stereocenters. The summed E-state index contributed by atoms with van der Waals surface area (Å²) in [6, 6.07) is 0.847. The van der Waals surface area contributed by atoms with E-state index in [1.165, 1.54) is 0 Å². The van der Waals surface area contributed by atoms with E-state index in [-0.39, 0.29) is 18.2 Å². The summed E-state index contributed by atoms with van der Waals surface area (Å²) < 4.78 is 76.6. The maximum absolute atomic E-state index is 12.8. The van der Waals surface area contributed by atoms with Gasteiger partial charge in [0.05, 0.1) is 11.1 Å². The first-order chi connectivity index (χ1) is 9.50. The van der Waals surface area contributed by atoms with Crippen LogP contribution in [0.4, 0.5) is 26.3 Å². The molecule has 0 bridgehead atoms. The molecule has 0 aliphatic heterocycles. The highest BCUT2D eigenvalue weighted by Crippen LogP contribution is 2.37. The third kappa shape index (κ3) is 4.34. The number of likely N-dealkylation sites (N-methyl/N-ethyl adjacent to an activating group) is 1. The minimum Gasteiger partial charge on any atom is -0.329 e. The molecule has 0 aliphatic rings. The molecule has 0 spiro atoms. The van der Waals surface area contributed by atoms with Gasteiger partial charge in [-0.15, -0.1) is 0 Å². The van der Waals surface area contributed by atoms with Crippen molar-refractivity contribution in [2.45, 2.75) is 25.3 Å². The van der Waals surface area contributed by atoms with Crippen molar-refractivity contribution in [1.29, 1.82) is 0 Å². The Morgan fingerprint density at radius 2 is 1.43 bits per heavy atom. The van der Waals surface area contributed by atoms with Gasteiger partial charge < -0.3 is 5.73 Å². The molecule has 0 saturated carbocycles. The lowest BCUT2D eigenvalue weighted by Gasteiger charge is -2.27. The molecule has 0 fully saturated rings. The number of nitrogens with zero attached hydrogens (tertiary/aromatic N) is 1. The fraction of sp³-hybridized carbons (Fsp3) is 0.538. The summed E-state index contributed by atoms with van der Waals surface area (Å²) in [7, 11) is 1.59. The van der Waals surface area contributed by atoms with Gasteiger partial charge in [0.25, 0.3) is 0 Å². The zero-order valence-corrected chi connectivity index (χ0v) is 11.5. The number of nitrogens with two attached hydrogens (primary N) is 1. The number of halogens is 6. The molecular weight excluding hydrogens is 298 g/mol. The molecule has 2 N–H and O–H groups in total. The Morgan fingerprint density at radius 3 is 1.71 bits per heavy atom. The van der Waals surface area contributed by atoms with E-state index in [4.69, 9.17) is 5.73 Å². The van der Waals surface area contributed by atoms with Gasteiger partial charge in [-0.05, 0) is 37.4 Å². The second kappa shape index (κ2) is 6.23.